The quantitative estimate of drug-likeness (QED) is 0.694. The zero-order valence-electron chi connectivity index (χ0n) is 18.6. The maximum atomic E-state index is 12.9. The molecule has 0 aliphatic carbocycles. The second-order valence-electron chi connectivity index (χ2n) is 10.2. The number of carbonyl (C=O) groups excluding carboxylic acids is 2. The minimum Gasteiger partial charge on any atom is -0.481 e. The van der Waals surface area contributed by atoms with Gasteiger partial charge in [0.25, 0.3) is 0 Å². The van der Waals surface area contributed by atoms with Crippen LogP contribution in [-0.4, -0.2) is 76.4 Å². The number of ether oxygens (including phenoxy) is 2. The molecule has 2 aliphatic heterocycles. The van der Waals surface area contributed by atoms with Crippen molar-refractivity contribution < 1.29 is 29.0 Å². The Hall–Kier alpha value is -1.83. The van der Waals surface area contributed by atoms with Crippen LogP contribution in [-0.2, 0) is 19.1 Å². The number of rotatable bonds is 5. The highest BCUT2D eigenvalue weighted by Gasteiger charge is 2.40. The zero-order valence-corrected chi connectivity index (χ0v) is 18.6. The topological polar surface area (TPSA) is 96.4 Å². The maximum Gasteiger partial charge on any atom is 0.410 e. The molecule has 0 saturated carbocycles. The molecule has 1 amide bonds. The number of carboxylic acids is 1. The zero-order chi connectivity index (χ0) is 22.0. The molecule has 8 nitrogen and oxygen atoms in total. The third kappa shape index (κ3) is 7.17. The van der Waals surface area contributed by atoms with E-state index in [4.69, 9.17) is 9.47 Å². The Labute approximate surface area is 173 Å². The Balaban J connectivity index is 1.96. The van der Waals surface area contributed by atoms with Crippen LogP contribution in [0.25, 0.3) is 0 Å². The molecule has 2 fully saturated rings. The van der Waals surface area contributed by atoms with E-state index in [-0.39, 0.29) is 23.9 Å². The predicted molar refractivity (Wildman–Crippen MR) is 107 cm³/mol. The van der Waals surface area contributed by atoms with E-state index < -0.39 is 23.2 Å². The Kier molecular flexibility index (Phi) is 7.19. The van der Waals surface area contributed by atoms with Crippen molar-refractivity contribution in [2.45, 2.75) is 78.0 Å². The van der Waals surface area contributed by atoms with Gasteiger partial charge < -0.3 is 19.5 Å². The molecule has 2 aliphatic rings. The number of hydrogen-bond donors (Lipinski definition) is 1. The molecule has 0 aromatic carbocycles. The van der Waals surface area contributed by atoms with Crippen LogP contribution in [0.4, 0.5) is 4.79 Å². The fourth-order valence-corrected chi connectivity index (χ4v) is 3.73. The van der Waals surface area contributed by atoms with Gasteiger partial charge in [0, 0.05) is 13.1 Å². The molecular weight excluding hydrogens is 376 g/mol. The molecule has 8 heteroatoms. The van der Waals surface area contributed by atoms with Crippen molar-refractivity contribution in [3.63, 3.8) is 0 Å². The summed E-state index contributed by atoms with van der Waals surface area (Å²) >= 11 is 0. The van der Waals surface area contributed by atoms with E-state index in [0.717, 1.165) is 0 Å². The summed E-state index contributed by atoms with van der Waals surface area (Å²) < 4.78 is 11.0. The number of esters is 1. The normalized spacial score (nSPS) is 20.7. The van der Waals surface area contributed by atoms with E-state index in [2.05, 4.69) is 0 Å². The van der Waals surface area contributed by atoms with E-state index >= 15 is 0 Å². The molecule has 166 valence electrons. The van der Waals surface area contributed by atoms with Crippen LogP contribution in [0.5, 0.6) is 0 Å². The standard InChI is InChI=1S/C21H36N2O6/c1-20(2,3)28-18(26)16(22-9-7-15(8-10-22)17(24)25)11-14-12-23(13-14)19(27)29-21(4,5)6/h14-16H,7-13H2,1-6H3,(H,24,25)/t16-/m0/s1. The van der Waals surface area contributed by atoms with Crippen molar-refractivity contribution in [1.82, 2.24) is 9.80 Å². The van der Waals surface area contributed by atoms with Gasteiger partial charge in [0.15, 0.2) is 0 Å². The van der Waals surface area contributed by atoms with Crippen LogP contribution >= 0.6 is 0 Å². The first kappa shape index (κ1) is 23.4. The second-order valence-corrected chi connectivity index (χ2v) is 10.2. The molecule has 0 spiro atoms. The molecule has 1 N–H and O–H groups in total. The maximum absolute atomic E-state index is 12.9. The SMILES string of the molecule is CC(C)(C)OC(=O)[C@H](CC1CN(C(=O)OC(C)(C)C)C1)N1CCC(C(=O)O)CC1. The van der Waals surface area contributed by atoms with Crippen molar-refractivity contribution in [2.75, 3.05) is 26.2 Å². The molecule has 0 unspecified atom stereocenters. The van der Waals surface area contributed by atoms with Gasteiger partial charge in [-0.2, -0.15) is 0 Å². The Bertz CT molecular complexity index is 608. The molecule has 29 heavy (non-hydrogen) atoms. The van der Waals surface area contributed by atoms with Gasteiger partial charge in [-0.15, -0.1) is 0 Å². The minimum absolute atomic E-state index is 0.192. The van der Waals surface area contributed by atoms with Crippen LogP contribution in [0.15, 0.2) is 0 Å². The number of amides is 1. The van der Waals surface area contributed by atoms with E-state index in [1.54, 1.807) is 4.90 Å². The molecular formula is C21H36N2O6. The molecule has 0 radical (unpaired) electrons. The first-order chi connectivity index (χ1) is 13.2. The molecule has 0 bridgehead atoms. The van der Waals surface area contributed by atoms with Crippen LogP contribution in [0, 0.1) is 11.8 Å². The first-order valence-electron chi connectivity index (χ1n) is 10.4. The van der Waals surface area contributed by atoms with Crippen LogP contribution < -0.4 is 0 Å². The highest BCUT2D eigenvalue weighted by molar-refractivity contribution is 5.76. The first-order valence-corrected chi connectivity index (χ1v) is 10.4. The van der Waals surface area contributed by atoms with Gasteiger partial charge in [0.2, 0.25) is 0 Å². The molecule has 2 saturated heterocycles. The highest BCUT2D eigenvalue weighted by Crippen LogP contribution is 2.28. The fraction of sp³-hybridized carbons (Fsp3) is 0.857. The van der Waals surface area contributed by atoms with Gasteiger partial charge in [-0.1, -0.05) is 0 Å². The minimum atomic E-state index is -0.773. The van der Waals surface area contributed by atoms with Gasteiger partial charge in [0.1, 0.15) is 17.2 Å². The van der Waals surface area contributed by atoms with Crippen LogP contribution in [0.3, 0.4) is 0 Å². The van der Waals surface area contributed by atoms with Gasteiger partial charge in [0.05, 0.1) is 5.92 Å². The lowest BCUT2D eigenvalue weighted by molar-refractivity contribution is -0.163. The Morgan fingerprint density at radius 3 is 1.93 bits per heavy atom. The monoisotopic (exact) mass is 412 g/mol. The van der Waals surface area contributed by atoms with Gasteiger partial charge in [-0.25, -0.2) is 4.79 Å². The number of carbonyl (C=O) groups is 3. The average molecular weight is 413 g/mol. The molecule has 2 heterocycles. The van der Waals surface area contributed by atoms with Crippen molar-refractivity contribution in [1.29, 1.82) is 0 Å². The van der Waals surface area contributed by atoms with E-state index in [1.165, 1.54) is 0 Å². The summed E-state index contributed by atoms with van der Waals surface area (Å²) in [6, 6.07) is -0.422. The summed E-state index contributed by atoms with van der Waals surface area (Å²) in [4.78, 5) is 39.9. The number of piperidine rings is 1. The van der Waals surface area contributed by atoms with Gasteiger partial charge >= 0.3 is 18.0 Å². The molecule has 1 atom stereocenters. The molecule has 0 aromatic heterocycles. The lowest BCUT2D eigenvalue weighted by Gasteiger charge is -2.43. The van der Waals surface area contributed by atoms with E-state index in [9.17, 15) is 19.5 Å². The Morgan fingerprint density at radius 1 is 0.966 bits per heavy atom. The summed E-state index contributed by atoms with van der Waals surface area (Å²) in [5, 5.41) is 9.22. The number of nitrogens with zero attached hydrogens (tertiary/aromatic N) is 2. The lowest BCUT2D eigenvalue weighted by Crippen LogP contribution is -2.56. The van der Waals surface area contributed by atoms with E-state index in [1.807, 2.05) is 46.4 Å². The smallest absolute Gasteiger partial charge is 0.410 e. The summed E-state index contributed by atoms with van der Waals surface area (Å²) in [5.74, 6) is -1.21. The average Bonchev–Trinajstić information content (AvgIpc) is 2.50. The number of hydrogen-bond acceptors (Lipinski definition) is 6. The molecule has 0 aromatic rings. The molecule has 2 rings (SSSR count). The van der Waals surface area contributed by atoms with Crippen molar-refractivity contribution in [2.24, 2.45) is 11.8 Å². The van der Waals surface area contributed by atoms with Crippen LogP contribution in [0.2, 0.25) is 0 Å². The lowest BCUT2D eigenvalue weighted by atomic mass is 9.89. The number of carboxylic acid groups (broad SMARTS) is 1. The fourth-order valence-electron chi connectivity index (χ4n) is 3.73. The van der Waals surface area contributed by atoms with Crippen molar-refractivity contribution in [3.05, 3.63) is 0 Å². The van der Waals surface area contributed by atoms with Crippen molar-refractivity contribution >= 4 is 18.0 Å². The third-order valence-corrected chi connectivity index (χ3v) is 5.16. The second kappa shape index (κ2) is 8.90. The summed E-state index contributed by atoms with van der Waals surface area (Å²) in [6.07, 6.45) is 1.32. The van der Waals surface area contributed by atoms with Gasteiger partial charge in [-0.05, 0) is 79.8 Å². The largest absolute Gasteiger partial charge is 0.481 e. The van der Waals surface area contributed by atoms with Crippen molar-refractivity contribution in [3.8, 4) is 0 Å². The Morgan fingerprint density at radius 2 is 1.48 bits per heavy atom. The summed E-state index contributed by atoms with van der Waals surface area (Å²) in [6.45, 7) is 13.3. The summed E-state index contributed by atoms with van der Waals surface area (Å²) in [5.41, 5.74) is -1.12. The third-order valence-electron chi connectivity index (χ3n) is 5.16. The predicted octanol–water partition coefficient (Wildman–Crippen LogP) is 2.75. The van der Waals surface area contributed by atoms with Crippen LogP contribution in [0.1, 0.15) is 60.8 Å². The number of likely N-dealkylation sites (tertiary alicyclic amines) is 2. The van der Waals surface area contributed by atoms with E-state index in [0.29, 0.717) is 45.4 Å². The highest BCUT2D eigenvalue weighted by atomic mass is 16.6. The van der Waals surface area contributed by atoms with Gasteiger partial charge in [-0.3, -0.25) is 14.5 Å². The number of aliphatic carboxylic acids is 1. The summed E-state index contributed by atoms with van der Waals surface area (Å²) in [7, 11) is 0.